The molecule has 0 radical (unpaired) electrons. The Labute approximate surface area is 167 Å². The molecule has 0 atom stereocenters. The summed E-state index contributed by atoms with van der Waals surface area (Å²) in [6.45, 7) is 9.86. The maximum atomic E-state index is 12.8. The van der Waals surface area contributed by atoms with E-state index in [9.17, 15) is 4.79 Å². The SMILES string of the molecule is CC(C)c1cccc(C(C)C)c1NC(=O)CN(C)Cc1ccc2c(c1)OCO2. The fraction of sp³-hybridized carbons (Fsp3) is 0.435. The monoisotopic (exact) mass is 382 g/mol. The molecule has 1 aliphatic heterocycles. The van der Waals surface area contributed by atoms with Gasteiger partial charge in [0.2, 0.25) is 12.7 Å². The van der Waals surface area contributed by atoms with Crippen LogP contribution in [-0.2, 0) is 11.3 Å². The van der Waals surface area contributed by atoms with Crippen molar-refractivity contribution in [3.63, 3.8) is 0 Å². The van der Waals surface area contributed by atoms with E-state index in [1.807, 2.05) is 30.1 Å². The first-order chi connectivity index (χ1) is 13.3. The highest BCUT2D eigenvalue weighted by Crippen LogP contribution is 2.33. The van der Waals surface area contributed by atoms with Gasteiger partial charge in [-0.1, -0.05) is 52.0 Å². The smallest absolute Gasteiger partial charge is 0.238 e. The van der Waals surface area contributed by atoms with E-state index in [2.05, 4.69) is 51.2 Å². The van der Waals surface area contributed by atoms with Gasteiger partial charge in [0, 0.05) is 12.2 Å². The lowest BCUT2D eigenvalue weighted by Crippen LogP contribution is -2.30. The summed E-state index contributed by atoms with van der Waals surface area (Å²) in [6, 6.07) is 12.2. The van der Waals surface area contributed by atoms with E-state index in [1.165, 1.54) is 11.1 Å². The van der Waals surface area contributed by atoms with Crippen LogP contribution >= 0.6 is 0 Å². The number of carbonyl (C=O) groups excluding carboxylic acids is 1. The van der Waals surface area contributed by atoms with E-state index >= 15 is 0 Å². The van der Waals surface area contributed by atoms with E-state index in [4.69, 9.17) is 9.47 Å². The van der Waals surface area contributed by atoms with Gasteiger partial charge in [0.25, 0.3) is 0 Å². The average Bonchev–Trinajstić information content (AvgIpc) is 3.08. The lowest BCUT2D eigenvalue weighted by atomic mass is 9.92. The first-order valence-electron chi connectivity index (χ1n) is 9.85. The number of para-hydroxylation sites is 1. The van der Waals surface area contributed by atoms with E-state index in [-0.39, 0.29) is 12.7 Å². The zero-order valence-corrected chi connectivity index (χ0v) is 17.4. The number of benzene rings is 2. The Morgan fingerprint density at radius 2 is 1.68 bits per heavy atom. The molecule has 0 unspecified atom stereocenters. The predicted molar refractivity (Wildman–Crippen MR) is 112 cm³/mol. The van der Waals surface area contributed by atoms with Gasteiger partial charge in [-0.15, -0.1) is 0 Å². The number of anilines is 1. The quantitative estimate of drug-likeness (QED) is 0.752. The van der Waals surface area contributed by atoms with Gasteiger partial charge >= 0.3 is 0 Å². The molecule has 150 valence electrons. The van der Waals surface area contributed by atoms with E-state index in [0.29, 0.717) is 24.9 Å². The number of carbonyl (C=O) groups is 1. The Kier molecular flexibility index (Phi) is 6.25. The average molecular weight is 383 g/mol. The molecule has 1 aliphatic rings. The Balaban J connectivity index is 1.67. The van der Waals surface area contributed by atoms with Crippen molar-refractivity contribution in [2.24, 2.45) is 0 Å². The Bertz CT molecular complexity index is 819. The van der Waals surface area contributed by atoms with Crippen molar-refractivity contribution in [3.05, 3.63) is 53.1 Å². The number of fused-ring (bicyclic) bond motifs is 1. The Hall–Kier alpha value is -2.53. The fourth-order valence-electron chi connectivity index (χ4n) is 3.53. The van der Waals surface area contributed by atoms with E-state index in [0.717, 1.165) is 22.7 Å². The third-order valence-corrected chi connectivity index (χ3v) is 4.94. The van der Waals surface area contributed by atoms with Crippen molar-refractivity contribution in [2.75, 3.05) is 25.7 Å². The number of rotatable bonds is 7. The summed E-state index contributed by atoms with van der Waals surface area (Å²) in [5.41, 5.74) is 4.41. The van der Waals surface area contributed by atoms with Crippen molar-refractivity contribution in [3.8, 4) is 11.5 Å². The van der Waals surface area contributed by atoms with Crippen molar-refractivity contribution >= 4 is 11.6 Å². The summed E-state index contributed by atoms with van der Waals surface area (Å²) in [6.07, 6.45) is 0. The van der Waals surface area contributed by atoms with Gasteiger partial charge in [0.05, 0.1) is 6.54 Å². The molecule has 1 heterocycles. The molecule has 0 spiro atoms. The highest BCUT2D eigenvalue weighted by molar-refractivity contribution is 5.94. The molecule has 0 aliphatic carbocycles. The van der Waals surface area contributed by atoms with Crippen LogP contribution in [0.4, 0.5) is 5.69 Å². The number of nitrogens with zero attached hydrogens (tertiary/aromatic N) is 1. The molecule has 1 N–H and O–H groups in total. The van der Waals surface area contributed by atoms with Crippen molar-refractivity contribution in [1.82, 2.24) is 4.90 Å². The molecule has 2 aromatic carbocycles. The standard InChI is InChI=1S/C23H30N2O3/c1-15(2)18-7-6-8-19(16(3)4)23(18)24-22(26)13-25(5)12-17-9-10-20-21(11-17)28-14-27-20/h6-11,15-16H,12-14H2,1-5H3,(H,24,26). The molecule has 0 fully saturated rings. The second-order valence-corrected chi connectivity index (χ2v) is 8.03. The minimum Gasteiger partial charge on any atom is -0.454 e. The minimum atomic E-state index is -0.00163. The number of likely N-dealkylation sites (N-methyl/N-ethyl adjacent to an activating group) is 1. The topological polar surface area (TPSA) is 50.8 Å². The molecular weight excluding hydrogens is 352 g/mol. The van der Waals surface area contributed by atoms with Crippen LogP contribution in [-0.4, -0.2) is 31.2 Å². The first kappa shape index (κ1) is 20.2. The van der Waals surface area contributed by atoms with Gasteiger partial charge in [-0.3, -0.25) is 9.69 Å². The molecule has 0 saturated carbocycles. The van der Waals surface area contributed by atoms with Gasteiger partial charge in [-0.05, 0) is 47.7 Å². The molecule has 5 nitrogen and oxygen atoms in total. The third-order valence-electron chi connectivity index (χ3n) is 4.94. The van der Waals surface area contributed by atoms with E-state index in [1.54, 1.807) is 0 Å². The van der Waals surface area contributed by atoms with E-state index < -0.39 is 0 Å². The van der Waals surface area contributed by atoms with Crippen molar-refractivity contribution in [2.45, 2.75) is 46.1 Å². The molecule has 2 aromatic rings. The highest BCUT2D eigenvalue weighted by atomic mass is 16.7. The van der Waals surface area contributed by atoms with Crippen molar-refractivity contribution in [1.29, 1.82) is 0 Å². The molecule has 0 aromatic heterocycles. The molecule has 1 amide bonds. The molecule has 3 rings (SSSR count). The second kappa shape index (κ2) is 8.65. The summed E-state index contributed by atoms with van der Waals surface area (Å²) in [5.74, 6) is 2.23. The fourth-order valence-corrected chi connectivity index (χ4v) is 3.53. The summed E-state index contributed by atoms with van der Waals surface area (Å²) in [5, 5.41) is 3.17. The summed E-state index contributed by atoms with van der Waals surface area (Å²) in [4.78, 5) is 14.8. The Morgan fingerprint density at radius 1 is 1.04 bits per heavy atom. The van der Waals surface area contributed by atoms with Crippen LogP contribution in [0.5, 0.6) is 11.5 Å². The molecule has 5 heteroatoms. The maximum Gasteiger partial charge on any atom is 0.238 e. The zero-order chi connectivity index (χ0) is 20.3. The van der Waals surface area contributed by atoms with Gasteiger partial charge < -0.3 is 14.8 Å². The Morgan fingerprint density at radius 3 is 2.32 bits per heavy atom. The third kappa shape index (κ3) is 4.65. The zero-order valence-electron chi connectivity index (χ0n) is 17.4. The highest BCUT2D eigenvalue weighted by Gasteiger charge is 2.18. The number of nitrogens with one attached hydrogen (secondary N) is 1. The summed E-state index contributed by atoms with van der Waals surface area (Å²) in [7, 11) is 1.95. The van der Waals surface area contributed by atoms with Gasteiger partial charge in [0.15, 0.2) is 11.5 Å². The van der Waals surface area contributed by atoms with Gasteiger partial charge in [-0.2, -0.15) is 0 Å². The lowest BCUT2D eigenvalue weighted by molar-refractivity contribution is -0.117. The van der Waals surface area contributed by atoms with Crippen LogP contribution in [0.1, 0.15) is 56.2 Å². The number of ether oxygens (including phenoxy) is 2. The van der Waals surface area contributed by atoms with Crippen LogP contribution < -0.4 is 14.8 Å². The largest absolute Gasteiger partial charge is 0.454 e. The summed E-state index contributed by atoms with van der Waals surface area (Å²) >= 11 is 0. The van der Waals surface area contributed by atoms with Crippen LogP contribution in [0.3, 0.4) is 0 Å². The second-order valence-electron chi connectivity index (χ2n) is 8.03. The van der Waals surface area contributed by atoms with Gasteiger partial charge in [-0.25, -0.2) is 0 Å². The van der Waals surface area contributed by atoms with Crippen LogP contribution in [0.15, 0.2) is 36.4 Å². The predicted octanol–water partition coefficient (Wildman–Crippen LogP) is 4.73. The van der Waals surface area contributed by atoms with Crippen molar-refractivity contribution < 1.29 is 14.3 Å². The normalized spacial score (nSPS) is 12.9. The number of amides is 1. The molecule has 0 bridgehead atoms. The maximum absolute atomic E-state index is 12.8. The molecule has 28 heavy (non-hydrogen) atoms. The van der Waals surface area contributed by atoms with Crippen LogP contribution in [0, 0.1) is 0 Å². The van der Waals surface area contributed by atoms with Gasteiger partial charge in [0.1, 0.15) is 0 Å². The minimum absolute atomic E-state index is 0.00163. The molecular formula is C23H30N2O3. The lowest BCUT2D eigenvalue weighted by Gasteiger charge is -2.22. The molecule has 0 saturated heterocycles. The van der Waals surface area contributed by atoms with Crippen LogP contribution in [0.25, 0.3) is 0 Å². The number of hydrogen-bond acceptors (Lipinski definition) is 4. The van der Waals surface area contributed by atoms with Crippen LogP contribution in [0.2, 0.25) is 0 Å². The first-order valence-corrected chi connectivity index (χ1v) is 9.85. The number of hydrogen-bond donors (Lipinski definition) is 1. The summed E-state index contributed by atoms with van der Waals surface area (Å²) < 4.78 is 10.8.